The van der Waals surface area contributed by atoms with Crippen LogP contribution < -0.4 is 16.0 Å². The van der Waals surface area contributed by atoms with Gasteiger partial charge in [0.05, 0.1) is 24.6 Å². The maximum atomic E-state index is 5.94. The summed E-state index contributed by atoms with van der Waals surface area (Å²) in [7, 11) is 1.83. The van der Waals surface area contributed by atoms with Crippen molar-refractivity contribution in [2.45, 2.75) is 13.0 Å². The zero-order valence-electron chi connectivity index (χ0n) is 16.3. The van der Waals surface area contributed by atoms with Crippen molar-refractivity contribution in [1.82, 2.24) is 24.6 Å². The third kappa shape index (κ3) is 3.09. The van der Waals surface area contributed by atoms with E-state index in [-0.39, 0.29) is 6.10 Å². The van der Waals surface area contributed by atoms with Crippen molar-refractivity contribution >= 4 is 33.7 Å². The van der Waals surface area contributed by atoms with Crippen LogP contribution in [0.1, 0.15) is 6.92 Å². The van der Waals surface area contributed by atoms with Crippen LogP contribution in [-0.2, 0) is 4.74 Å². The van der Waals surface area contributed by atoms with Crippen LogP contribution in [0.3, 0.4) is 0 Å². The lowest BCUT2D eigenvalue weighted by atomic mass is 10.1. The van der Waals surface area contributed by atoms with E-state index in [2.05, 4.69) is 33.2 Å². The van der Waals surface area contributed by atoms with Gasteiger partial charge in [0.1, 0.15) is 11.6 Å². The summed E-state index contributed by atoms with van der Waals surface area (Å²) in [6.07, 6.45) is 5.72. The number of anilines is 3. The first-order valence-electron chi connectivity index (χ1n) is 9.58. The first-order chi connectivity index (χ1) is 14.1. The molecule has 3 N–H and O–H groups in total. The Morgan fingerprint density at radius 2 is 2.10 bits per heavy atom. The number of rotatable bonds is 3. The molecule has 9 nitrogen and oxygen atoms in total. The molecular weight excluding hydrogens is 368 g/mol. The lowest BCUT2D eigenvalue weighted by Crippen LogP contribution is -2.41. The molecule has 4 aromatic rings. The van der Waals surface area contributed by atoms with Gasteiger partial charge in [0.2, 0.25) is 0 Å². The zero-order chi connectivity index (χ0) is 20.0. The van der Waals surface area contributed by atoms with Gasteiger partial charge in [0.15, 0.2) is 11.5 Å². The molecule has 0 aromatic carbocycles. The van der Waals surface area contributed by atoms with Crippen molar-refractivity contribution < 1.29 is 4.74 Å². The Labute approximate surface area is 167 Å². The molecule has 0 aliphatic carbocycles. The van der Waals surface area contributed by atoms with Gasteiger partial charge < -0.3 is 20.7 Å². The normalized spacial score (nSPS) is 17.2. The second kappa shape index (κ2) is 6.85. The van der Waals surface area contributed by atoms with Crippen molar-refractivity contribution in [2.75, 3.05) is 42.7 Å². The summed E-state index contributed by atoms with van der Waals surface area (Å²) < 4.78 is 7.46. The second-order valence-corrected chi connectivity index (χ2v) is 7.18. The molecule has 0 bridgehead atoms. The summed E-state index contributed by atoms with van der Waals surface area (Å²) in [4.78, 5) is 15.7. The molecule has 0 unspecified atom stereocenters. The Morgan fingerprint density at radius 1 is 1.21 bits per heavy atom. The van der Waals surface area contributed by atoms with Gasteiger partial charge in [-0.3, -0.25) is 0 Å². The number of nitrogens with one attached hydrogen (secondary N) is 1. The predicted molar refractivity (Wildman–Crippen MR) is 113 cm³/mol. The Balaban J connectivity index is 1.60. The topological polar surface area (TPSA) is 106 Å². The Hall–Kier alpha value is -3.46. The van der Waals surface area contributed by atoms with E-state index < -0.39 is 0 Å². The summed E-state index contributed by atoms with van der Waals surface area (Å²) in [6, 6.07) is 5.90. The molecule has 9 heteroatoms. The molecule has 1 fully saturated rings. The number of aromatic nitrogens is 5. The average Bonchev–Trinajstić information content (AvgIpc) is 3.15. The summed E-state index contributed by atoms with van der Waals surface area (Å²) in [5, 5.41) is 9.60. The quantitative estimate of drug-likeness (QED) is 0.548. The number of fused-ring (bicyclic) bond motifs is 2. The fourth-order valence-corrected chi connectivity index (χ4v) is 3.75. The number of nitrogen functional groups attached to an aromatic ring is 1. The highest BCUT2D eigenvalue weighted by atomic mass is 16.5. The van der Waals surface area contributed by atoms with E-state index in [0.29, 0.717) is 11.6 Å². The summed E-state index contributed by atoms with van der Waals surface area (Å²) >= 11 is 0. The van der Waals surface area contributed by atoms with Crippen LogP contribution in [0.25, 0.3) is 27.8 Å². The molecule has 0 spiro atoms. The highest BCUT2D eigenvalue weighted by Crippen LogP contribution is 2.31. The van der Waals surface area contributed by atoms with Gasteiger partial charge in [-0.05, 0) is 25.1 Å². The molecule has 5 heterocycles. The molecule has 5 rings (SSSR count). The SMILES string of the molecule is CNc1ncc(-c2nc3ccc(N4CCO[C@H](C)C4)cn3n2)c2cc(N)ncc12. The molecule has 148 valence electrons. The number of ether oxygens (including phenoxy) is 1. The Bertz CT molecular complexity index is 1200. The molecule has 1 aliphatic heterocycles. The number of morpholine rings is 1. The Kier molecular flexibility index (Phi) is 4.17. The van der Waals surface area contributed by atoms with Crippen molar-refractivity contribution in [3.05, 3.63) is 36.8 Å². The molecule has 0 radical (unpaired) electrons. The van der Waals surface area contributed by atoms with Crippen LogP contribution in [0.15, 0.2) is 36.8 Å². The Morgan fingerprint density at radius 3 is 2.93 bits per heavy atom. The van der Waals surface area contributed by atoms with Crippen molar-refractivity contribution in [2.24, 2.45) is 0 Å². The van der Waals surface area contributed by atoms with Crippen molar-refractivity contribution in [1.29, 1.82) is 0 Å². The van der Waals surface area contributed by atoms with Gasteiger partial charge in [0, 0.05) is 48.9 Å². The van der Waals surface area contributed by atoms with Crippen molar-refractivity contribution in [3.8, 4) is 11.4 Å². The molecule has 1 saturated heterocycles. The minimum Gasteiger partial charge on any atom is -0.384 e. The highest BCUT2D eigenvalue weighted by molar-refractivity contribution is 6.01. The monoisotopic (exact) mass is 390 g/mol. The van der Waals surface area contributed by atoms with E-state index in [0.717, 1.165) is 53.2 Å². The van der Waals surface area contributed by atoms with Gasteiger partial charge in [0.25, 0.3) is 0 Å². The third-order valence-corrected chi connectivity index (χ3v) is 5.19. The largest absolute Gasteiger partial charge is 0.384 e. The maximum Gasteiger partial charge on any atom is 0.184 e. The fourth-order valence-electron chi connectivity index (χ4n) is 3.75. The number of pyridine rings is 3. The number of hydrogen-bond donors (Lipinski definition) is 2. The minimum atomic E-state index is 0.216. The van der Waals surface area contributed by atoms with Crippen LogP contribution in [0.2, 0.25) is 0 Å². The second-order valence-electron chi connectivity index (χ2n) is 7.18. The fraction of sp³-hybridized carbons (Fsp3) is 0.300. The lowest BCUT2D eigenvalue weighted by Gasteiger charge is -2.32. The van der Waals surface area contributed by atoms with Crippen LogP contribution in [0.5, 0.6) is 0 Å². The molecule has 1 atom stereocenters. The first-order valence-corrected chi connectivity index (χ1v) is 9.58. The maximum absolute atomic E-state index is 5.94. The number of nitrogens with two attached hydrogens (primary N) is 1. The summed E-state index contributed by atoms with van der Waals surface area (Å²) in [5.74, 6) is 1.78. The van der Waals surface area contributed by atoms with E-state index in [4.69, 9.17) is 20.6 Å². The van der Waals surface area contributed by atoms with E-state index in [1.807, 2.05) is 29.9 Å². The molecule has 0 amide bonds. The van der Waals surface area contributed by atoms with E-state index in [9.17, 15) is 0 Å². The van der Waals surface area contributed by atoms with Gasteiger partial charge in [-0.2, -0.15) is 0 Å². The van der Waals surface area contributed by atoms with Gasteiger partial charge in [-0.25, -0.2) is 19.5 Å². The van der Waals surface area contributed by atoms with E-state index in [1.165, 1.54) is 0 Å². The van der Waals surface area contributed by atoms with Crippen LogP contribution >= 0.6 is 0 Å². The van der Waals surface area contributed by atoms with Crippen LogP contribution in [-0.4, -0.2) is 57.4 Å². The molecular formula is C20H22N8O. The zero-order valence-corrected chi connectivity index (χ0v) is 16.3. The highest BCUT2D eigenvalue weighted by Gasteiger charge is 2.19. The molecule has 4 aromatic heterocycles. The third-order valence-electron chi connectivity index (χ3n) is 5.19. The lowest BCUT2D eigenvalue weighted by molar-refractivity contribution is 0.0532. The number of hydrogen-bond acceptors (Lipinski definition) is 8. The first kappa shape index (κ1) is 17.6. The predicted octanol–water partition coefficient (Wildman–Crippen LogP) is 2.19. The van der Waals surface area contributed by atoms with Crippen LogP contribution in [0.4, 0.5) is 17.3 Å². The van der Waals surface area contributed by atoms with E-state index >= 15 is 0 Å². The minimum absolute atomic E-state index is 0.216. The van der Waals surface area contributed by atoms with Gasteiger partial charge in [-0.15, -0.1) is 5.10 Å². The van der Waals surface area contributed by atoms with Crippen LogP contribution in [0, 0.1) is 0 Å². The molecule has 0 saturated carbocycles. The number of nitrogens with zero attached hydrogens (tertiary/aromatic N) is 6. The van der Waals surface area contributed by atoms with Gasteiger partial charge in [-0.1, -0.05) is 0 Å². The molecule has 1 aliphatic rings. The standard InChI is InChI=1S/C20H22N8O/c1-12-10-27(5-6-29-12)13-3-4-18-25-20(26-28(18)11-13)16-9-24-19(22-2)15-8-23-17(21)7-14(15)16/h3-4,7-9,11-12H,5-6,10H2,1-2H3,(H2,21,23)(H,22,24)/t12-/m1/s1. The van der Waals surface area contributed by atoms with Gasteiger partial charge >= 0.3 is 0 Å². The van der Waals surface area contributed by atoms with E-state index in [1.54, 1.807) is 12.4 Å². The molecule has 29 heavy (non-hydrogen) atoms. The van der Waals surface area contributed by atoms with Crippen molar-refractivity contribution in [3.63, 3.8) is 0 Å². The summed E-state index contributed by atoms with van der Waals surface area (Å²) in [6.45, 7) is 4.54. The smallest absolute Gasteiger partial charge is 0.184 e. The average molecular weight is 390 g/mol. The summed E-state index contributed by atoms with van der Waals surface area (Å²) in [5.41, 5.74) is 8.63.